The van der Waals surface area contributed by atoms with Crippen LogP contribution in [0.2, 0.25) is 0 Å². The SMILES string of the molecule is CCN(Cc1ccccc1)C(=O)c1cc(C(=O)N2CCc3ccccc32)ccn1. The molecule has 4 rings (SSSR count). The minimum absolute atomic E-state index is 0.0995. The van der Waals surface area contributed by atoms with E-state index in [1.165, 1.54) is 5.56 Å². The lowest BCUT2D eigenvalue weighted by Crippen LogP contribution is -2.32. The van der Waals surface area contributed by atoms with Gasteiger partial charge in [-0.15, -0.1) is 0 Å². The largest absolute Gasteiger partial charge is 0.333 e. The normalized spacial score (nSPS) is 12.5. The summed E-state index contributed by atoms with van der Waals surface area (Å²) in [5.74, 6) is -0.273. The average Bonchev–Trinajstić information content (AvgIpc) is 3.21. The van der Waals surface area contributed by atoms with E-state index in [-0.39, 0.29) is 11.8 Å². The lowest BCUT2D eigenvalue weighted by atomic mass is 10.1. The fraction of sp³-hybridized carbons (Fsp3) is 0.208. The molecule has 0 saturated heterocycles. The van der Waals surface area contributed by atoms with Gasteiger partial charge in [-0.25, -0.2) is 0 Å². The van der Waals surface area contributed by atoms with Gasteiger partial charge in [0.2, 0.25) is 0 Å². The van der Waals surface area contributed by atoms with Crippen LogP contribution < -0.4 is 4.90 Å². The maximum absolute atomic E-state index is 13.1. The molecule has 0 aliphatic carbocycles. The molecule has 2 aromatic carbocycles. The zero-order valence-corrected chi connectivity index (χ0v) is 16.4. The molecule has 0 fully saturated rings. The molecule has 0 saturated carbocycles. The summed E-state index contributed by atoms with van der Waals surface area (Å²) in [4.78, 5) is 33.9. The molecular weight excluding hydrogens is 362 g/mol. The van der Waals surface area contributed by atoms with Gasteiger partial charge in [-0.2, -0.15) is 0 Å². The minimum atomic E-state index is -0.173. The van der Waals surface area contributed by atoms with Gasteiger partial charge in [-0.3, -0.25) is 14.6 Å². The van der Waals surface area contributed by atoms with Crippen molar-refractivity contribution < 1.29 is 9.59 Å². The summed E-state index contributed by atoms with van der Waals surface area (Å²) in [6.45, 7) is 3.67. The second-order valence-corrected chi connectivity index (χ2v) is 7.07. The molecule has 1 aromatic heterocycles. The van der Waals surface area contributed by atoms with Crippen molar-refractivity contribution in [3.8, 4) is 0 Å². The molecule has 146 valence electrons. The topological polar surface area (TPSA) is 53.5 Å². The summed E-state index contributed by atoms with van der Waals surface area (Å²) in [7, 11) is 0. The third kappa shape index (κ3) is 3.90. The molecule has 2 heterocycles. The first-order valence-corrected chi connectivity index (χ1v) is 9.86. The highest BCUT2D eigenvalue weighted by atomic mass is 16.2. The van der Waals surface area contributed by atoms with E-state index in [0.29, 0.717) is 30.9 Å². The van der Waals surface area contributed by atoms with E-state index >= 15 is 0 Å². The number of hydrogen-bond donors (Lipinski definition) is 0. The van der Waals surface area contributed by atoms with Crippen molar-refractivity contribution in [2.45, 2.75) is 19.9 Å². The van der Waals surface area contributed by atoms with Crippen molar-refractivity contribution in [1.82, 2.24) is 9.88 Å². The number of rotatable bonds is 5. The number of pyridine rings is 1. The average molecular weight is 385 g/mol. The number of benzene rings is 2. The maximum atomic E-state index is 13.1. The number of nitrogens with zero attached hydrogens (tertiary/aromatic N) is 3. The third-order valence-electron chi connectivity index (χ3n) is 5.24. The summed E-state index contributed by atoms with van der Waals surface area (Å²) in [5, 5.41) is 0. The van der Waals surface area contributed by atoms with E-state index < -0.39 is 0 Å². The van der Waals surface area contributed by atoms with Crippen molar-refractivity contribution in [2.24, 2.45) is 0 Å². The number of fused-ring (bicyclic) bond motifs is 1. The standard InChI is InChI=1S/C24H23N3O2/c1-2-26(17-18-8-4-3-5-9-18)24(29)21-16-20(12-14-25-21)23(28)27-15-13-19-10-6-7-11-22(19)27/h3-12,14,16H,2,13,15,17H2,1H3. The molecule has 0 bridgehead atoms. The van der Waals surface area contributed by atoms with Crippen LogP contribution in [0.3, 0.4) is 0 Å². The summed E-state index contributed by atoms with van der Waals surface area (Å²) in [6, 6.07) is 21.1. The van der Waals surface area contributed by atoms with Crippen LogP contribution in [-0.4, -0.2) is 34.8 Å². The van der Waals surface area contributed by atoms with Crippen molar-refractivity contribution in [1.29, 1.82) is 0 Å². The fourth-order valence-corrected chi connectivity index (χ4v) is 3.68. The quantitative estimate of drug-likeness (QED) is 0.668. The Bertz CT molecular complexity index is 1030. The Morgan fingerprint density at radius 1 is 1.03 bits per heavy atom. The number of para-hydroxylation sites is 1. The maximum Gasteiger partial charge on any atom is 0.272 e. The van der Waals surface area contributed by atoms with Crippen LogP contribution in [0.5, 0.6) is 0 Å². The van der Waals surface area contributed by atoms with E-state index in [1.807, 2.05) is 61.5 Å². The van der Waals surface area contributed by atoms with Gasteiger partial charge < -0.3 is 9.80 Å². The fourth-order valence-electron chi connectivity index (χ4n) is 3.68. The Hall–Kier alpha value is -3.47. The van der Waals surface area contributed by atoms with E-state index in [1.54, 1.807) is 28.1 Å². The number of carbonyl (C=O) groups excluding carboxylic acids is 2. The van der Waals surface area contributed by atoms with E-state index in [2.05, 4.69) is 4.98 Å². The number of anilines is 1. The van der Waals surface area contributed by atoms with E-state index in [4.69, 9.17) is 0 Å². The molecule has 5 nitrogen and oxygen atoms in total. The molecule has 5 heteroatoms. The Morgan fingerprint density at radius 2 is 1.79 bits per heavy atom. The highest BCUT2D eigenvalue weighted by Crippen LogP contribution is 2.28. The van der Waals surface area contributed by atoms with Crippen molar-refractivity contribution in [2.75, 3.05) is 18.0 Å². The van der Waals surface area contributed by atoms with Crippen LogP contribution in [-0.2, 0) is 13.0 Å². The molecule has 1 aliphatic heterocycles. The smallest absolute Gasteiger partial charge is 0.272 e. The second-order valence-electron chi connectivity index (χ2n) is 7.07. The van der Waals surface area contributed by atoms with Crippen molar-refractivity contribution in [3.05, 3.63) is 95.3 Å². The lowest BCUT2D eigenvalue weighted by Gasteiger charge is -2.21. The Balaban J connectivity index is 1.55. The molecular formula is C24H23N3O2. The second kappa shape index (κ2) is 8.27. The monoisotopic (exact) mass is 385 g/mol. The van der Waals surface area contributed by atoms with Crippen molar-refractivity contribution >= 4 is 17.5 Å². The highest BCUT2D eigenvalue weighted by molar-refractivity contribution is 6.08. The van der Waals surface area contributed by atoms with Gasteiger partial charge in [0, 0.05) is 37.1 Å². The predicted molar refractivity (Wildman–Crippen MR) is 113 cm³/mol. The number of amides is 2. The summed E-state index contributed by atoms with van der Waals surface area (Å²) >= 11 is 0. The Labute approximate surface area is 170 Å². The summed E-state index contributed by atoms with van der Waals surface area (Å²) in [5.41, 5.74) is 3.95. The lowest BCUT2D eigenvalue weighted by molar-refractivity contribution is 0.0746. The first-order valence-electron chi connectivity index (χ1n) is 9.86. The zero-order valence-electron chi connectivity index (χ0n) is 16.4. The number of aromatic nitrogens is 1. The van der Waals surface area contributed by atoms with E-state index in [0.717, 1.165) is 17.7 Å². The van der Waals surface area contributed by atoms with Gasteiger partial charge in [0.1, 0.15) is 5.69 Å². The van der Waals surface area contributed by atoms with Crippen LogP contribution in [0.4, 0.5) is 5.69 Å². The Kier molecular flexibility index (Phi) is 5.38. The molecule has 29 heavy (non-hydrogen) atoms. The zero-order chi connectivity index (χ0) is 20.2. The third-order valence-corrected chi connectivity index (χ3v) is 5.24. The van der Waals surface area contributed by atoms with Crippen molar-refractivity contribution in [3.63, 3.8) is 0 Å². The Morgan fingerprint density at radius 3 is 2.59 bits per heavy atom. The molecule has 0 radical (unpaired) electrons. The first-order chi connectivity index (χ1) is 14.2. The molecule has 0 N–H and O–H groups in total. The predicted octanol–water partition coefficient (Wildman–Crippen LogP) is 3.95. The molecule has 0 atom stereocenters. The number of carbonyl (C=O) groups is 2. The van der Waals surface area contributed by atoms with Gasteiger partial charge in [-0.05, 0) is 42.7 Å². The minimum Gasteiger partial charge on any atom is -0.333 e. The van der Waals surface area contributed by atoms with Gasteiger partial charge in [0.15, 0.2) is 0 Å². The molecule has 2 amide bonds. The van der Waals surface area contributed by atoms with Gasteiger partial charge in [0.05, 0.1) is 0 Å². The van der Waals surface area contributed by atoms with Crippen LogP contribution in [0, 0.1) is 0 Å². The van der Waals surface area contributed by atoms with Gasteiger partial charge >= 0.3 is 0 Å². The van der Waals surface area contributed by atoms with Crippen LogP contribution in [0.1, 0.15) is 38.9 Å². The number of hydrogen-bond acceptors (Lipinski definition) is 3. The van der Waals surface area contributed by atoms with Gasteiger partial charge in [0.25, 0.3) is 11.8 Å². The van der Waals surface area contributed by atoms with E-state index in [9.17, 15) is 9.59 Å². The molecule has 0 unspecified atom stereocenters. The highest BCUT2D eigenvalue weighted by Gasteiger charge is 2.26. The molecule has 1 aliphatic rings. The molecule has 0 spiro atoms. The van der Waals surface area contributed by atoms with Crippen LogP contribution in [0.15, 0.2) is 72.9 Å². The summed E-state index contributed by atoms with van der Waals surface area (Å²) < 4.78 is 0. The van der Waals surface area contributed by atoms with Gasteiger partial charge in [-0.1, -0.05) is 48.5 Å². The van der Waals surface area contributed by atoms with Crippen LogP contribution >= 0.6 is 0 Å². The van der Waals surface area contributed by atoms with Crippen LogP contribution in [0.25, 0.3) is 0 Å². The summed E-state index contributed by atoms with van der Waals surface area (Å²) in [6.07, 6.45) is 2.39. The first kappa shape index (κ1) is 18.9. The molecule has 3 aromatic rings.